The number of nitrogens with two attached hydrogens (primary N) is 1. The van der Waals surface area contributed by atoms with Gasteiger partial charge in [0.1, 0.15) is 5.69 Å². The first kappa shape index (κ1) is 15.1. The Labute approximate surface area is 113 Å². The van der Waals surface area contributed by atoms with Gasteiger partial charge in [0.05, 0.1) is 0 Å². The van der Waals surface area contributed by atoms with Gasteiger partial charge in [-0.2, -0.15) is 0 Å². The van der Waals surface area contributed by atoms with E-state index in [2.05, 4.69) is 15.5 Å². The van der Waals surface area contributed by atoms with Crippen LogP contribution in [0.15, 0.2) is 23.5 Å². The molecule has 19 heavy (non-hydrogen) atoms. The summed E-state index contributed by atoms with van der Waals surface area (Å²) >= 11 is 0. The number of carbonyl (C=O) groups excluding carboxylic acids is 1. The van der Waals surface area contributed by atoms with E-state index in [-0.39, 0.29) is 22.7 Å². The number of amidine groups is 1. The molecule has 1 heterocycles. The minimum absolute atomic E-state index is 0.0746. The summed E-state index contributed by atoms with van der Waals surface area (Å²) in [7, 11) is -0.989. The molecule has 0 aliphatic heterocycles. The van der Waals surface area contributed by atoms with Crippen molar-refractivity contribution in [3.63, 3.8) is 0 Å². The molecule has 2 unspecified atom stereocenters. The van der Waals surface area contributed by atoms with Crippen LogP contribution in [0.3, 0.4) is 0 Å². The van der Waals surface area contributed by atoms with Crippen LogP contribution in [0.25, 0.3) is 0 Å². The Hall–Kier alpha value is -1.96. The normalized spacial score (nSPS) is 14.7. The second kappa shape index (κ2) is 6.83. The van der Waals surface area contributed by atoms with E-state index < -0.39 is 10.8 Å². The molecular weight excluding hydrogens is 268 g/mol. The molecule has 0 aliphatic rings. The first-order valence-corrected chi connectivity index (χ1v) is 7.12. The van der Waals surface area contributed by atoms with E-state index in [0.29, 0.717) is 12.1 Å². The van der Waals surface area contributed by atoms with Crippen LogP contribution in [0, 0.1) is 0 Å². The molecule has 104 valence electrons. The topological polar surface area (TPSA) is 118 Å². The van der Waals surface area contributed by atoms with Gasteiger partial charge in [-0.3, -0.25) is 14.0 Å². The molecule has 4 N–H and O–H groups in total. The van der Waals surface area contributed by atoms with Crippen LogP contribution in [0.4, 0.5) is 0 Å². The maximum Gasteiger partial charge on any atom is 0.269 e. The number of hydrogen-bond acceptors (Lipinski definition) is 5. The predicted octanol–water partition coefficient (Wildman–Crippen LogP) is -0.327. The second-order valence-electron chi connectivity index (χ2n) is 3.94. The van der Waals surface area contributed by atoms with Gasteiger partial charge in [0.2, 0.25) is 0 Å². The van der Waals surface area contributed by atoms with E-state index in [9.17, 15) is 9.00 Å². The summed E-state index contributed by atoms with van der Waals surface area (Å²) in [5, 5.41) is 13.8. The molecule has 0 bridgehead atoms. The average molecular weight is 284 g/mol. The van der Waals surface area contributed by atoms with E-state index >= 15 is 0 Å². The number of rotatable bonds is 5. The van der Waals surface area contributed by atoms with Crippen LogP contribution >= 0.6 is 0 Å². The molecule has 2 atom stereocenters. The molecule has 8 heteroatoms. The second-order valence-corrected chi connectivity index (χ2v) is 5.74. The lowest BCUT2D eigenvalue weighted by Crippen LogP contribution is -2.33. The molecule has 0 aliphatic carbocycles. The van der Waals surface area contributed by atoms with Crippen molar-refractivity contribution >= 4 is 22.5 Å². The largest absolute Gasteiger partial charge is 0.409 e. The number of nitrogens with one attached hydrogen (secondary N) is 1. The van der Waals surface area contributed by atoms with Crippen LogP contribution in [0.2, 0.25) is 0 Å². The van der Waals surface area contributed by atoms with Gasteiger partial charge in [-0.1, -0.05) is 5.16 Å². The van der Waals surface area contributed by atoms with Crippen molar-refractivity contribution in [2.75, 3.05) is 12.8 Å². The van der Waals surface area contributed by atoms with Gasteiger partial charge in [-0.15, -0.1) is 0 Å². The summed E-state index contributed by atoms with van der Waals surface area (Å²) in [5.74, 6) is -0.433. The van der Waals surface area contributed by atoms with Gasteiger partial charge in [-0.25, -0.2) is 0 Å². The molecule has 1 aromatic rings. The van der Waals surface area contributed by atoms with Gasteiger partial charge in [0.15, 0.2) is 5.84 Å². The smallest absolute Gasteiger partial charge is 0.269 e. The first-order chi connectivity index (χ1) is 8.95. The number of oxime groups is 1. The highest BCUT2D eigenvalue weighted by molar-refractivity contribution is 7.84. The van der Waals surface area contributed by atoms with Crippen molar-refractivity contribution < 1.29 is 14.2 Å². The lowest BCUT2D eigenvalue weighted by atomic mass is 10.2. The Morgan fingerprint density at radius 1 is 1.63 bits per heavy atom. The third-order valence-corrected chi connectivity index (χ3v) is 3.82. The SMILES string of the molecule is CC(CNC(=O)c1ccc(/C(N)=N/O)cn1)S(C)=O. The number of pyridine rings is 1. The quantitative estimate of drug-likeness (QED) is 0.296. The summed E-state index contributed by atoms with van der Waals surface area (Å²) in [4.78, 5) is 15.6. The van der Waals surface area contributed by atoms with E-state index in [1.807, 2.05) is 0 Å². The van der Waals surface area contributed by atoms with E-state index in [0.717, 1.165) is 0 Å². The monoisotopic (exact) mass is 284 g/mol. The standard InChI is InChI=1S/C11H16N4O3S/c1-7(19(2)18)5-14-11(16)9-4-3-8(6-13-9)10(12)15-17/h3-4,6-7,17H,5H2,1-2H3,(H2,12,15)(H,14,16). The van der Waals surface area contributed by atoms with Crippen molar-refractivity contribution in [3.05, 3.63) is 29.6 Å². The van der Waals surface area contributed by atoms with Gasteiger partial charge < -0.3 is 16.3 Å². The van der Waals surface area contributed by atoms with Crippen molar-refractivity contribution in [1.82, 2.24) is 10.3 Å². The third-order valence-electron chi connectivity index (χ3n) is 2.52. The number of aromatic nitrogens is 1. The molecule has 0 saturated heterocycles. The average Bonchev–Trinajstić information content (AvgIpc) is 2.43. The molecule has 0 radical (unpaired) electrons. The molecule has 0 saturated carbocycles. The Balaban J connectivity index is 2.66. The zero-order valence-corrected chi connectivity index (χ0v) is 11.5. The first-order valence-electron chi connectivity index (χ1n) is 5.50. The minimum atomic E-state index is -0.989. The molecule has 1 rings (SSSR count). The van der Waals surface area contributed by atoms with Crippen LogP contribution in [-0.2, 0) is 10.8 Å². The molecule has 1 amide bonds. The Bertz CT molecular complexity index is 501. The van der Waals surface area contributed by atoms with E-state index in [1.165, 1.54) is 18.3 Å². The summed E-state index contributed by atoms with van der Waals surface area (Å²) in [6, 6.07) is 2.99. The summed E-state index contributed by atoms with van der Waals surface area (Å²) in [5.41, 5.74) is 6.01. The van der Waals surface area contributed by atoms with Gasteiger partial charge in [-0.05, 0) is 19.1 Å². The zero-order valence-electron chi connectivity index (χ0n) is 10.7. The fraction of sp³-hybridized carbons (Fsp3) is 0.364. The lowest BCUT2D eigenvalue weighted by Gasteiger charge is -2.09. The highest BCUT2D eigenvalue weighted by Crippen LogP contribution is 2.00. The van der Waals surface area contributed by atoms with Crippen molar-refractivity contribution in [2.45, 2.75) is 12.2 Å². The fourth-order valence-electron chi connectivity index (χ4n) is 1.18. The number of amides is 1. The van der Waals surface area contributed by atoms with Crippen LogP contribution in [-0.4, -0.2) is 44.2 Å². The predicted molar refractivity (Wildman–Crippen MR) is 72.6 cm³/mol. The Morgan fingerprint density at radius 2 is 2.32 bits per heavy atom. The summed E-state index contributed by atoms with van der Waals surface area (Å²) in [6.07, 6.45) is 2.92. The van der Waals surface area contributed by atoms with Crippen LogP contribution < -0.4 is 11.1 Å². The van der Waals surface area contributed by atoms with Crippen molar-refractivity contribution in [2.24, 2.45) is 10.9 Å². The van der Waals surface area contributed by atoms with Crippen LogP contribution in [0.1, 0.15) is 23.0 Å². The summed E-state index contributed by atoms with van der Waals surface area (Å²) in [6.45, 7) is 2.09. The highest BCUT2D eigenvalue weighted by Gasteiger charge is 2.11. The lowest BCUT2D eigenvalue weighted by molar-refractivity contribution is 0.0949. The van der Waals surface area contributed by atoms with Gasteiger partial charge >= 0.3 is 0 Å². The Kier molecular flexibility index (Phi) is 5.43. The minimum Gasteiger partial charge on any atom is -0.409 e. The summed E-state index contributed by atoms with van der Waals surface area (Å²) < 4.78 is 11.1. The third kappa shape index (κ3) is 4.32. The van der Waals surface area contributed by atoms with E-state index in [4.69, 9.17) is 10.9 Å². The van der Waals surface area contributed by atoms with Crippen molar-refractivity contribution in [3.8, 4) is 0 Å². The molecule has 7 nitrogen and oxygen atoms in total. The fourth-order valence-corrected chi connectivity index (χ4v) is 1.50. The van der Waals surface area contributed by atoms with Gasteiger partial charge in [0.25, 0.3) is 5.91 Å². The van der Waals surface area contributed by atoms with Gasteiger partial charge in [0, 0.05) is 40.6 Å². The molecule has 0 spiro atoms. The highest BCUT2D eigenvalue weighted by atomic mass is 32.2. The molecule has 0 fully saturated rings. The number of hydrogen-bond donors (Lipinski definition) is 3. The number of carbonyl (C=O) groups is 1. The maximum absolute atomic E-state index is 11.7. The molecule has 1 aromatic heterocycles. The van der Waals surface area contributed by atoms with Crippen LogP contribution in [0.5, 0.6) is 0 Å². The van der Waals surface area contributed by atoms with E-state index in [1.54, 1.807) is 13.2 Å². The molecular formula is C11H16N4O3S. The zero-order chi connectivity index (χ0) is 14.4. The van der Waals surface area contributed by atoms with Crippen molar-refractivity contribution in [1.29, 1.82) is 0 Å². The maximum atomic E-state index is 11.7. The molecule has 0 aromatic carbocycles. The number of nitrogens with zero attached hydrogens (tertiary/aromatic N) is 2. The Morgan fingerprint density at radius 3 is 2.79 bits per heavy atom.